The number of aryl methyl sites for hydroxylation is 1. The maximum absolute atomic E-state index is 11.9. The van der Waals surface area contributed by atoms with Crippen LogP contribution in [-0.4, -0.2) is 15.9 Å². The van der Waals surface area contributed by atoms with Gasteiger partial charge in [-0.1, -0.05) is 29.3 Å². The number of pyridine rings is 2. The van der Waals surface area contributed by atoms with Crippen molar-refractivity contribution in [1.29, 1.82) is 0 Å². The van der Waals surface area contributed by atoms with Gasteiger partial charge in [-0.2, -0.15) is 0 Å². The molecule has 1 N–H and O–H groups in total. The first-order chi connectivity index (χ1) is 9.06. The topological polar surface area (TPSA) is 54.9 Å². The number of nitrogens with zero attached hydrogens (tertiary/aromatic N) is 2. The molecule has 19 heavy (non-hydrogen) atoms. The number of nitrogens with one attached hydrogen (secondary N) is 1. The first-order valence-corrected chi connectivity index (χ1v) is 6.34. The number of halogens is 2. The van der Waals surface area contributed by atoms with Crippen LogP contribution in [0.3, 0.4) is 0 Å². The third kappa shape index (κ3) is 3.66. The average Bonchev–Trinajstić information content (AvgIpc) is 2.39. The van der Waals surface area contributed by atoms with E-state index in [-0.39, 0.29) is 21.8 Å². The van der Waals surface area contributed by atoms with Gasteiger partial charge in [0.25, 0.3) is 5.91 Å². The van der Waals surface area contributed by atoms with Crippen molar-refractivity contribution in [3.8, 4) is 0 Å². The number of carbonyl (C=O) groups excluding carboxylic acids is 1. The predicted molar refractivity (Wildman–Crippen MR) is 74.4 cm³/mol. The van der Waals surface area contributed by atoms with Crippen molar-refractivity contribution in [3.63, 3.8) is 0 Å². The number of amides is 1. The Hall–Kier alpha value is -1.65. The summed E-state index contributed by atoms with van der Waals surface area (Å²) in [4.78, 5) is 20.1. The lowest BCUT2D eigenvalue weighted by molar-refractivity contribution is 0.0945. The molecule has 0 spiro atoms. The monoisotopic (exact) mass is 295 g/mol. The molecule has 98 valence electrons. The van der Waals surface area contributed by atoms with Crippen LogP contribution in [0.15, 0.2) is 30.3 Å². The molecule has 2 aromatic heterocycles. The van der Waals surface area contributed by atoms with Crippen molar-refractivity contribution >= 4 is 29.1 Å². The lowest BCUT2D eigenvalue weighted by Gasteiger charge is -2.06. The smallest absolute Gasteiger partial charge is 0.271 e. The van der Waals surface area contributed by atoms with Crippen molar-refractivity contribution in [2.24, 2.45) is 0 Å². The van der Waals surface area contributed by atoms with Crippen LogP contribution in [0.4, 0.5) is 0 Å². The largest absolute Gasteiger partial charge is 0.345 e. The first kappa shape index (κ1) is 13.8. The number of carbonyl (C=O) groups is 1. The zero-order valence-corrected chi connectivity index (χ0v) is 11.7. The molecule has 2 heterocycles. The maximum Gasteiger partial charge on any atom is 0.271 e. The molecular weight excluding hydrogens is 285 g/mol. The molecule has 0 saturated carbocycles. The molecule has 0 fully saturated rings. The van der Waals surface area contributed by atoms with E-state index in [1.807, 2.05) is 25.1 Å². The van der Waals surface area contributed by atoms with E-state index in [1.54, 1.807) is 0 Å². The molecule has 2 rings (SSSR count). The zero-order chi connectivity index (χ0) is 13.8. The van der Waals surface area contributed by atoms with E-state index in [0.717, 1.165) is 11.4 Å². The van der Waals surface area contributed by atoms with E-state index < -0.39 is 0 Å². The minimum absolute atomic E-state index is 0.113. The van der Waals surface area contributed by atoms with Crippen LogP contribution in [0.1, 0.15) is 21.9 Å². The minimum atomic E-state index is -0.379. The average molecular weight is 296 g/mol. The summed E-state index contributed by atoms with van der Waals surface area (Å²) in [7, 11) is 0. The van der Waals surface area contributed by atoms with Gasteiger partial charge in [0.1, 0.15) is 10.8 Å². The SMILES string of the molecule is Cc1cccc(CNC(=O)c2nc(Cl)ccc2Cl)n1. The third-order valence-electron chi connectivity index (χ3n) is 2.40. The summed E-state index contributed by atoms with van der Waals surface area (Å²) in [6, 6.07) is 8.68. The van der Waals surface area contributed by atoms with E-state index in [2.05, 4.69) is 15.3 Å². The molecule has 4 nitrogen and oxygen atoms in total. The van der Waals surface area contributed by atoms with Gasteiger partial charge in [-0.05, 0) is 31.2 Å². The van der Waals surface area contributed by atoms with Crippen molar-refractivity contribution in [2.75, 3.05) is 0 Å². The van der Waals surface area contributed by atoms with Crippen LogP contribution in [0.2, 0.25) is 10.2 Å². The molecule has 0 atom stereocenters. The van der Waals surface area contributed by atoms with Crippen molar-refractivity contribution in [3.05, 3.63) is 57.6 Å². The van der Waals surface area contributed by atoms with Gasteiger partial charge in [-0.3, -0.25) is 9.78 Å². The maximum atomic E-state index is 11.9. The van der Waals surface area contributed by atoms with Gasteiger partial charge >= 0.3 is 0 Å². The number of rotatable bonds is 3. The third-order valence-corrected chi connectivity index (χ3v) is 2.92. The second-order valence-corrected chi connectivity index (χ2v) is 4.71. The molecule has 0 aliphatic heterocycles. The Morgan fingerprint density at radius 2 is 2.00 bits per heavy atom. The summed E-state index contributed by atoms with van der Waals surface area (Å²) in [5.74, 6) is -0.379. The lowest BCUT2D eigenvalue weighted by atomic mass is 10.3. The molecule has 0 aliphatic rings. The van der Waals surface area contributed by atoms with E-state index in [4.69, 9.17) is 23.2 Å². The van der Waals surface area contributed by atoms with Gasteiger partial charge in [0.05, 0.1) is 17.3 Å². The molecule has 0 aromatic carbocycles. The Morgan fingerprint density at radius 3 is 2.74 bits per heavy atom. The van der Waals surface area contributed by atoms with Crippen molar-refractivity contribution in [1.82, 2.24) is 15.3 Å². The van der Waals surface area contributed by atoms with Gasteiger partial charge in [-0.15, -0.1) is 0 Å². The summed E-state index contributed by atoms with van der Waals surface area (Å²) in [5.41, 5.74) is 1.78. The molecule has 0 radical (unpaired) electrons. The fourth-order valence-electron chi connectivity index (χ4n) is 1.53. The number of hydrogen-bond donors (Lipinski definition) is 1. The highest BCUT2D eigenvalue weighted by molar-refractivity contribution is 6.34. The second kappa shape index (κ2) is 5.99. The van der Waals surface area contributed by atoms with Crippen molar-refractivity contribution in [2.45, 2.75) is 13.5 Å². The van der Waals surface area contributed by atoms with E-state index in [1.165, 1.54) is 12.1 Å². The molecular formula is C13H11Cl2N3O. The molecule has 0 bridgehead atoms. The Morgan fingerprint density at radius 1 is 1.21 bits per heavy atom. The molecule has 6 heteroatoms. The fourth-order valence-corrected chi connectivity index (χ4v) is 1.87. The quantitative estimate of drug-likeness (QED) is 0.886. The van der Waals surface area contributed by atoms with Crippen LogP contribution in [0.25, 0.3) is 0 Å². The van der Waals surface area contributed by atoms with E-state index in [9.17, 15) is 4.79 Å². The summed E-state index contributed by atoms with van der Waals surface area (Å²) < 4.78 is 0. The van der Waals surface area contributed by atoms with Gasteiger partial charge in [0.15, 0.2) is 0 Å². The van der Waals surface area contributed by atoms with E-state index >= 15 is 0 Å². The zero-order valence-electron chi connectivity index (χ0n) is 10.2. The summed E-state index contributed by atoms with van der Waals surface area (Å²) in [6.45, 7) is 2.20. The minimum Gasteiger partial charge on any atom is -0.345 e. The molecule has 0 aliphatic carbocycles. The van der Waals surface area contributed by atoms with Gasteiger partial charge in [-0.25, -0.2) is 4.98 Å². The standard InChI is InChI=1S/C13H11Cl2N3O/c1-8-3-2-4-9(17-8)7-16-13(19)12-10(14)5-6-11(15)18-12/h2-6H,7H2,1H3,(H,16,19). The Balaban J connectivity index is 2.07. The van der Waals surface area contributed by atoms with E-state index in [0.29, 0.717) is 6.54 Å². The lowest BCUT2D eigenvalue weighted by Crippen LogP contribution is -2.24. The van der Waals surface area contributed by atoms with Gasteiger partial charge in [0.2, 0.25) is 0 Å². The Bertz CT molecular complexity index is 617. The summed E-state index contributed by atoms with van der Waals surface area (Å²) in [6.07, 6.45) is 0. The van der Waals surface area contributed by atoms with Crippen LogP contribution in [-0.2, 0) is 6.54 Å². The number of aromatic nitrogens is 2. The predicted octanol–water partition coefficient (Wildman–Crippen LogP) is 3.02. The molecule has 0 saturated heterocycles. The van der Waals surface area contributed by atoms with Crippen LogP contribution >= 0.6 is 23.2 Å². The van der Waals surface area contributed by atoms with Crippen molar-refractivity contribution < 1.29 is 4.79 Å². The highest BCUT2D eigenvalue weighted by Gasteiger charge is 2.12. The summed E-state index contributed by atoms with van der Waals surface area (Å²) >= 11 is 11.6. The van der Waals surface area contributed by atoms with Gasteiger partial charge < -0.3 is 5.32 Å². The van der Waals surface area contributed by atoms with Gasteiger partial charge in [0, 0.05) is 5.69 Å². The highest BCUT2D eigenvalue weighted by atomic mass is 35.5. The second-order valence-electron chi connectivity index (χ2n) is 3.92. The molecule has 2 aromatic rings. The fraction of sp³-hybridized carbons (Fsp3) is 0.154. The molecule has 1 amide bonds. The number of hydrogen-bond acceptors (Lipinski definition) is 3. The Labute approximate surface area is 120 Å². The summed E-state index contributed by atoms with van der Waals surface area (Å²) in [5, 5.41) is 3.19. The normalized spacial score (nSPS) is 10.3. The highest BCUT2D eigenvalue weighted by Crippen LogP contribution is 2.16. The van der Waals surface area contributed by atoms with Crippen LogP contribution in [0.5, 0.6) is 0 Å². The molecule has 0 unspecified atom stereocenters. The first-order valence-electron chi connectivity index (χ1n) is 5.59. The van der Waals surface area contributed by atoms with Crippen LogP contribution in [0, 0.1) is 6.92 Å². The van der Waals surface area contributed by atoms with Crippen LogP contribution < -0.4 is 5.32 Å². The Kier molecular flexibility index (Phi) is 4.35.